The Bertz CT molecular complexity index is 956. The number of para-hydroxylation sites is 1. The maximum atomic E-state index is 12.7. The van der Waals surface area contributed by atoms with Gasteiger partial charge in [0.25, 0.3) is 0 Å². The van der Waals surface area contributed by atoms with Gasteiger partial charge in [-0.05, 0) is 42.8 Å². The van der Waals surface area contributed by atoms with Gasteiger partial charge in [-0.1, -0.05) is 48.5 Å². The second-order valence-corrected chi connectivity index (χ2v) is 7.78. The highest BCUT2D eigenvalue weighted by Gasteiger charge is 2.16. The van der Waals surface area contributed by atoms with Crippen LogP contribution < -0.4 is 10.6 Å². The monoisotopic (exact) mass is 390 g/mol. The van der Waals surface area contributed by atoms with E-state index in [0.29, 0.717) is 0 Å². The first kappa shape index (κ1) is 19.7. The second kappa shape index (κ2) is 9.24. The van der Waals surface area contributed by atoms with E-state index in [1.54, 1.807) is 0 Å². The maximum Gasteiger partial charge on any atom is 0.237 e. The molecule has 0 saturated carbocycles. The first-order valence-electron chi connectivity index (χ1n) is 9.02. The molecule has 0 aliphatic rings. The Labute approximate surface area is 169 Å². The van der Waals surface area contributed by atoms with Crippen LogP contribution in [0, 0.1) is 0 Å². The van der Waals surface area contributed by atoms with E-state index in [0.717, 1.165) is 27.4 Å². The molecule has 0 fully saturated rings. The van der Waals surface area contributed by atoms with Crippen molar-refractivity contribution in [2.75, 3.05) is 10.6 Å². The molecule has 4 nitrogen and oxygen atoms in total. The van der Waals surface area contributed by atoms with Crippen LogP contribution in [-0.2, 0) is 9.59 Å². The molecule has 3 aromatic carbocycles. The van der Waals surface area contributed by atoms with Crippen molar-refractivity contribution in [3.63, 3.8) is 0 Å². The minimum Gasteiger partial charge on any atom is -0.326 e. The van der Waals surface area contributed by atoms with Crippen LogP contribution in [0.3, 0.4) is 0 Å². The number of hydrogen-bond acceptors (Lipinski definition) is 3. The lowest BCUT2D eigenvalue weighted by atomic mass is 10.0. The van der Waals surface area contributed by atoms with Gasteiger partial charge in [0.1, 0.15) is 0 Å². The minimum absolute atomic E-state index is 0.0562. The third-order valence-electron chi connectivity index (χ3n) is 4.13. The van der Waals surface area contributed by atoms with Gasteiger partial charge in [0, 0.05) is 28.8 Å². The average Bonchev–Trinajstić information content (AvgIpc) is 2.70. The van der Waals surface area contributed by atoms with Crippen molar-refractivity contribution in [3.05, 3.63) is 78.9 Å². The molecule has 0 saturated heterocycles. The molecule has 0 aliphatic carbocycles. The molecular weight excluding hydrogens is 368 g/mol. The summed E-state index contributed by atoms with van der Waals surface area (Å²) >= 11 is 1.48. The molecule has 0 radical (unpaired) electrons. The van der Waals surface area contributed by atoms with Gasteiger partial charge in [0.15, 0.2) is 0 Å². The molecule has 0 heterocycles. The van der Waals surface area contributed by atoms with E-state index >= 15 is 0 Å². The van der Waals surface area contributed by atoms with Crippen molar-refractivity contribution in [2.24, 2.45) is 0 Å². The minimum atomic E-state index is -0.268. The van der Waals surface area contributed by atoms with Gasteiger partial charge in [-0.25, -0.2) is 0 Å². The van der Waals surface area contributed by atoms with Gasteiger partial charge in [-0.15, -0.1) is 11.8 Å². The first-order valence-corrected chi connectivity index (χ1v) is 9.90. The van der Waals surface area contributed by atoms with Crippen LogP contribution in [-0.4, -0.2) is 17.1 Å². The van der Waals surface area contributed by atoms with Gasteiger partial charge in [0.05, 0.1) is 5.25 Å². The normalized spacial score (nSPS) is 11.5. The Morgan fingerprint density at radius 1 is 0.821 bits per heavy atom. The van der Waals surface area contributed by atoms with E-state index in [-0.39, 0.29) is 17.1 Å². The van der Waals surface area contributed by atoms with Crippen LogP contribution >= 0.6 is 11.8 Å². The Morgan fingerprint density at radius 2 is 1.46 bits per heavy atom. The van der Waals surface area contributed by atoms with Gasteiger partial charge in [-0.3, -0.25) is 9.59 Å². The Kier molecular flexibility index (Phi) is 6.50. The van der Waals surface area contributed by atoms with Gasteiger partial charge in [-0.2, -0.15) is 0 Å². The standard InChI is InChI=1S/C23H22N2O2S/c1-16(28-20-14-12-19(13-15-20)24-17(2)26)23(27)25-22-11-7-6-10-21(22)18-8-4-3-5-9-18/h3-16H,1-2H3,(H,24,26)(H,25,27)/t16-/m0/s1. The molecule has 142 valence electrons. The fourth-order valence-electron chi connectivity index (χ4n) is 2.77. The molecule has 2 amide bonds. The van der Waals surface area contributed by atoms with E-state index in [9.17, 15) is 9.59 Å². The molecule has 5 heteroatoms. The highest BCUT2D eigenvalue weighted by molar-refractivity contribution is 8.00. The number of carbonyl (C=O) groups excluding carboxylic acids is 2. The summed E-state index contributed by atoms with van der Waals surface area (Å²) in [5, 5.41) is 5.52. The fourth-order valence-corrected chi connectivity index (χ4v) is 3.64. The van der Waals surface area contributed by atoms with Crippen molar-refractivity contribution in [1.82, 2.24) is 0 Å². The lowest BCUT2D eigenvalue weighted by molar-refractivity contribution is -0.115. The summed E-state index contributed by atoms with van der Waals surface area (Å²) in [7, 11) is 0. The van der Waals surface area contributed by atoms with Crippen molar-refractivity contribution < 1.29 is 9.59 Å². The van der Waals surface area contributed by atoms with E-state index in [1.165, 1.54) is 18.7 Å². The van der Waals surface area contributed by atoms with Crippen LogP contribution in [0.1, 0.15) is 13.8 Å². The molecule has 0 spiro atoms. The average molecular weight is 391 g/mol. The second-order valence-electron chi connectivity index (χ2n) is 6.37. The number of thioether (sulfide) groups is 1. The number of amides is 2. The largest absolute Gasteiger partial charge is 0.326 e. The van der Waals surface area contributed by atoms with Gasteiger partial charge >= 0.3 is 0 Å². The molecule has 0 aliphatic heterocycles. The highest BCUT2D eigenvalue weighted by Crippen LogP contribution is 2.30. The van der Waals surface area contributed by atoms with E-state index in [4.69, 9.17) is 0 Å². The van der Waals surface area contributed by atoms with Crippen molar-refractivity contribution in [1.29, 1.82) is 0 Å². The number of rotatable bonds is 6. The number of hydrogen-bond donors (Lipinski definition) is 2. The van der Waals surface area contributed by atoms with Gasteiger partial charge < -0.3 is 10.6 Å². The Balaban J connectivity index is 1.67. The third kappa shape index (κ3) is 5.24. The number of benzene rings is 3. The van der Waals surface area contributed by atoms with Crippen LogP contribution in [0.2, 0.25) is 0 Å². The Hall–Kier alpha value is -3.05. The molecule has 2 N–H and O–H groups in total. The summed E-state index contributed by atoms with van der Waals surface area (Å²) in [6.07, 6.45) is 0. The predicted molar refractivity (Wildman–Crippen MR) is 117 cm³/mol. The zero-order valence-electron chi connectivity index (χ0n) is 15.8. The summed E-state index contributed by atoms with van der Waals surface area (Å²) in [4.78, 5) is 24.8. The number of carbonyl (C=O) groups is 2. The summed E-state index contributed by atoms with van der Waals surface area (Å²) in [5.74, 6) is -0.162. The lowest BCUT2D eigenvalue weighted by Gasteiger charge is -2.15. The van der Waals surface area contributed by atoms with Crippen molar-refractivity contribution >= 4 is 35.0 Å². The van der Waals surface area contributed by atoms with Crippen molar-refractivity contribution in [3.8, 4) is 11.1 Å². The predicted octanol–water partition coefficient (Wildman–Crippen LogP) is 5.43. The highest BCUT2D eigenvalue weighted by atomic mass is 32.2. The summed E-state index contributed by atoms with van der Waals surface area (Å²) in [5.41, 5.74) is 3.60. The molecule has 0 bridgehead atoms. The van der Waals surface area contributed by atoms with E-state index in [2.05, 4.69) is 10.6 Å². The van der Waals surface area contributed by atoms with E-state index < -0.39 is 0 Å². The topological polar surface area (TPSA) is 58.2 Å². The number of nitrogens with one attached hydrogen (secondary N) is 2. The molecule has 28 heavy (non-hydrogen) atoms. The zero-order valence-corrected chi connectivity index (χ0v) is 16.6. The SMILES string of the molecule is CC(=O)Nc1ccc(S[C@@H](C)C(=O)Nc2ccccc2-c2ccccc2)cc1. The lowest BCUT2D eigenvalue weighted by Crippen LogP contribution is -2.22. The van der Waals surface area contributed by atoms with Crippen LogP contribution in [0.5, 0.6) is 0 Å². The number of anilines is 2. The summed E-state index contributed by atoms with van der Waals surface area (Å²) in [6.45, 7) is 3.36. The maximum absolute atomic E-state index is 12.7. The smallest absolute Gasteiger partial charge is 0.237 e. The molecular formula is C23H22N2O2S. The molecule has 3 rings (SSSR count). The molecule has 1 atom stereocenters. The molecule has 0 unspecified atom stereocenters. The van der Waals surface area contributed by atoms with Crippen LogP contribution in [0.15, 0.2) is 83.8 Å². The van der Waals surface area contributed by atoms with Crippen LogP contribution in [0.4, 0.5) is 11.4 Å². The third-order valence-corrected chi connectivity index (χ3v) is 5.24. The quantitative estimate of drug-likeness (QED) is 0.552. The summed E-state index contributed by atoms with van der Waals surface area (Å²) < 4.78 is 0. The Morgan fingerprint density at radius 3 is 2.14 bits per heavy atom. The zero-order chi connectivity index (χ0) is 19.9. The van der Waals surface area contributed by atoms with Gasteiger partial charge in [0.2, 0.25) is 11.8 Å². The van der Waals surface area contributed by atoms with E-state index in [1.807, 2.05) is 85.8 Å². The molecule has 3 aromatic rings. The first-order chi connectivity index (χ1) is 13.5. The fraction of sp³-hybridized carbons (Fsp3) is 0.130. The van der Waals surface area contributed by atoms with Crippen LogP contribution in [0.25, 0.3) is 11.1 Å². The summed E-state index contributed by atoms with van der Waals surface area (Å²) in [6, 6.07) is 25.3. The van der Waals surface area contributed by atoms with Crippen molar-refractivity contribution in [2.45, 2.75) is 24.0 Å². The molecule has 0 aromatic heterocycles.